The van der Waals surface area contributed by atoms with Crippen LogP contribution in [0.25, 0.3) is 5.65 Å². The summed E-state index contributed by atoms with van der Waals surface area (Å²) in [6, 6.07) is 3.12. The quantitative estimate of drug-likeness (QED) is 0.823. The highest BCUT2D eigenvalue weighted by Crippen LogP contribution is 2.09. The molecule has 0 aliphatic carbocycles. The van der Waals surface area contributed by atoms with Crippen LogP contribution in [0.1, 0.15) is 30.0 Å². The Labute approximate surface area is 111 Å². The van der Waals surface area contributed by atoms with E-state index >= 15 is 0 Å². The predicted octanol–water partition coefficient (Wildman–Crippen LogP) is 0.823. The Bertz CT molecular complexity index is 680. The number of fused-ring (bicyclic) bond motifs is 1. The molecule has 102 valence electrons. The standard InChI is InChI=1S/C13H18N4O2/c1-5-16(6-2)13(19)10-8-11-14-9(3)7-12(18)17(11)15(10)4/h7-8H,5-6H2,1-4H3. The Kier molecular flexibility index (Phi) is 3.42. The van der Waals surface area contributed by atoms with Gasteiger partial charge < -0.3 is 4.90 Å². The molecule has 0 aliphatic heterocycles. The molecule has 0 atom stereocenters. The first-order valence-corrected chi connectivity index (χ1v) is 6.35. The van der Waals surface area contributed by atoms with Gasteiger partial charge in [-0.3, -0.25) is 14.3 Å². The zero-order chi connectivity index (χ0) is 14.2. The Morgan fingerprint density at radius 3 is 2.53 bits per heavy atom. The van der Waals surface area contributed by atoms with Gasteiger partial charge in [0, 0.05) is 38.0 Å². The Balaban J connectivity index is 2.63. The van der Waals surface area contributed by atoms with Gasteiger partial charge in [0.25, 0.3) is 11.5 Å². The minimum atomic E-state index is -0.177. The van der Waals surface area contributed by atoms with Crippen molar-refractivity contribution in [1.82, 2.24) is 19.1 Å². The number of aromatic nitrogens is 3. The zero-order valence-corrected chi connectivity index (χ0v) is 11.7. The third-order valence-corrected chi connectivity index (χ3v) is 3.23. The van der Waals surface area contributed by atoms with E-state index < -0.39 is 0 Å². The summed E-state index contributed by atoms with van der Waals surface area (Å²) in [7, 11) is 1.70. The molecule has 2 aromatic rings. The van der Waals surface area contributed by atoms with Crippen molar-refractivity contribution in [2.75, 3.05) is 13.1 Å². The van der Waals surface area contributed by atoms with Gasteiger partial charge in [-0.05, 0) is 20.8 Å². The van der Waals surface area contributed by atoms with Gasteiger partial charge in [-0.25, -0.2) is 4.98 Å². The molecule has 1 amide bonds. The highest BCUT2D eigenvalue weighted by Gasteiger charge is 2.19. The van der Waals surface area contributed by atoms with Crippen molar-refractivity contribution in [3.8, 4) is 0 Å². The molecular weight excluding hydrogens is 244 g/mol. The molecule has 19 heavy (non-hydrogen) atoms. The second-order valence-electron chi connectivity index (χ2n) is 4.44. The average molecular weight is 262 g/mol. The molecule has 0 aliphatic rings. The van der Waals surface area contributed by atoms with Crippen LogP contribution in [0.5, 0.6) is 0 Å². The Hall–Kier alpha value is -2.11. The van der Waals surface area contributed by atoms with E-state index in [1.807, 2.05) is 13.8 Å². The first-order valence-electron chi connectivity index (χ1n) is 6.35. The Morgan fingerprint density at radius 1 is 1.32 bits per heavy atom. The van der Waals surface area contributed by atoms with Crippen molar-refractivity contribution in [3.05, 3.63) is 33.9 Å². The fourth-order valence-corrected chi connectivity index (χ4v) is 2.20. The molecule has 2 heterocycles. The van der Waals surface area contributed by atoms with Crippen LogP contribution in [0, 0.1) is 6.92 Å². The van der Waals surface area contributed by atoms with Crippen LogP contribution in [0.15, 0.2) is 16.9 Å². The van der Waals surface area contributed by atoms with E-state index in [4.69, 9.17) is 0 Å². The average Bonchev–Trinajstić information content (AvgIpc) is 2.67. The number of amides is 1. The number of carbonyl (C=O) groups excluding carboxylic acids is 1. The summed E-state index contributed by atoms with van der Waals surface area (Å²) >= 11 is 0. The fraction of sp³-hybridized carbons (Fsp3) is 0.462. The summed E-state index contributed by atoms with van der Waals surface area (Å²) < 4.78 is 2.97. The lowest BCUT2D eigenvalue weighted by atomic mass is 10.3. The van der Waals surface area contributed by atoms with Crippen molar-refractivity contribution in [1.29, 1.82) is 0 Å². The highest BCUT2D eigenvalue weighted by molar-refractivity contribution is 5.93. The molecule has 0 radical (unpaired) electrons. The third kappa shape index (κ3) is 2.14. The summed E-state index contributed by atoms with van der Waals surface area (Å²) in [6.07, 6.45) is 0. The summed E-state index contributed by atoms with van der Waals surface area (Å²) in [5.74, 6) is -0.0879. The second-order valence-corrected chi connectivity index (χ2v) is 4.44. The van der Waals surface area contributed by atoms with Gasteiger partial charge >= 0.3 is 0 Å². The van der Waals surface area contributed by atoms with E-state index in [0.717, 1.165) is 0 Å². The van der Waals surface area contributed by atoms with Gasteiger partial charge in [0.15, 0.2) is 5.65 Å². The van der Waals surface area contributed by atoms with E-state index in [1.165, 1.54) is 10.6 Å². The van der Waals surface area contributed by atoms with Gasteiger partial charge in [0.05, 0.1) is 0 Å². The van der Waals surface area contributed by atoms with Crippen molar-refractivity contribution >= 4 is 11.6 Å². The number of rotatable bonds is 3. The van der Waals surface area contributed by atoms with E-state index in [1.54, 1.807) is 29.6 Å². The fourth-order valence-electron chi connectivity index (χ4n) is 2.20. The smallest absolute Gasteiger partial charge is 0.273 e. The molecule has 0 bridgehead atoms. The largest absolute Gasteiger partial charge is 0.338 e. The second kappa shape index (κ2) is 4.87. The molecule has 2 aromatic heterocycles. The van der Waals surface area contributed by atoms with Crippen molar-refractivity contribution in [2.45, 2.75) is 20.8 Å². The molecule has 0 unspecified atom stereocenters. The van der Waals surface area contributed by atoms with Gasteiger partial charge in [0.2, 0.25) is 0 Å². The van der Waals surface area contributed by atoms with Crippen LogP contribution in [-0.2, 0) is 7.05 Å². The van der Waals surface area contributed by atoms with Crippen molar-refractivity contribution in [2.24, 2.45) is 7.05 Å². The van der Waals surface area contributed by atoms with Crippen molar-refractivity contribution in [3.63, 3.8) is 0 Å². The normalized spacial score (nSPS) is 10.9. The maximum absolute atomic E-state index is 12.4. The summed E-state index contributed by atoms with van der Waals surface area (Å²) in [5, 5.41) is 0. The summed E-state index contributed by atoms with van der Waals surface area (Å²) in [4.78, 5) is 30.3. The van der Waals surface area contributed by atoms with Gasteiger partial charge in [-0.2, -0.15) is 4.52 Å². The van der Waals surface area contributed by atoms with E-state index in [9.17, 15) is 9.59 Å². The zero-order valence-electron chi connectivity index (χ0n) is 11.7. The van der Waals surface area contributed by atoms with E-state index in [-0.39, 0.29) is 11.5 Å². The first-order chi connectivity index (χ1) is 8.99. The molecule has 0 saturated carbocycles. The third-order valence-electron chi connectivity index (χ3n) is 3.23. The SMILES string of the molecule is CCN(CC)C(=O)c1cc2nc(C)cc(=O)n2n1C. The minimum absolute atomic E-state index is 0.0879. The predicted molar refractivity (Wildman–Crippen MR) is 72.4 cm³/mol. The van der Waals surface area contributed by atoms with E-state index in [2.05, 4.69) is 4.98 Å². The maximum atomic E-state index is 12.4. The maximum Gasteiger partial charge on any atom is 0.273 e. The van der Waals surface area contributed by atoms with E-state index in [0.29, 0.717) is 30.1 Å². The molecule has 0 N–H and O–H groups in total. The summed E-state index contributed by atoms with van der Waals surface area (Å²) in [5.41, 5.74) is 1.45. The summed E-state index contributed by atoms with van der Waals surface area (Å²) in [6.45, 7) is 6.90. The topological polar surface area (TPSA) is 59.6 Å². The lowest BCUT2D eigenvalue weighted by Crippen LogP contribution is -2.32. The number of carbonyl (C=O) groups is 1. The van der Waals surface area contributed by atoms with Crippen LogP contribution in [0.2, 0.25) is 0 Å². The molecule has 0 fully saturated rings. The molecule has 6 heteroatoms. The molecular formula is C13H18N4O2. The number of hydrogen-bond acceptors (Lipinski definition) is 3. The molecule has 2 rings (SSSR count). The number of aryl methyl sites for hydroxylation is 2. The monoisotopic (exact) mass is 262 g/mol. The van der Waals surface area contributed by atoms with Crippen LogP contribution in [-0.4, -0.2) is 38.1 Å². The van der Waals surface area contributed by atoms with Crippen LogP contribution < -0.4 is 5.56 Å². The highest BCUT2D eigenvalue weighted by atomic mass is 16.2. The van der Waals surface area contributed by atoms with Gasteiger partial charge in [0.1, 0.15) is 5.69 Å². The van der Waals surface area contributed by atoms with Crippen LogP contribution in [0.3, 0.4) is 0 Å². The van der Waals surface area contributed by atoms with Gasteiger partial charge in [-0.15, -0.1) is 0 Å². The van der Waals surface area contributed by atoms with Crippen LogP contribution >= 0.6 is 0 Å². The van der Waals surface area contributed by atoms with Crippen molar-refractivity contribution < 1.29 is 4.79 Å². The minimum Gasteiger partial charge on any atom is -0.338 e. The van der Waals surface area contributed by atoms with Crippen LogP contribution in [0.4, 0.5) is 0 Å². The molecule has 0 spiro atoms. The number of hydrogen-bond donors (Lipinski definition) is 0. The van der Waals surface area contributed by atoms with Gasteiger partial charge in [-0.1, -0.05) is 0 Å². The number of nitrogens with zero attached hydrogens (tertiary/aromatic N) is 4. The molecule has 6 nitrogen and oxygen atoms in total. The molecule has 0 aromatic carbocycles. The Morgan fingerprint density at radius 2 is 1.95 bits per heavy atom. The lowest BCUT2D eigenvalue weighted by Gasteiger charge is -2.18. The first kappa shape index (κ1) is 13.3. The lowest BCUT2D eigenvalue weighted by molar-refractivity contribution is 0.0761. The molecule has 0 saturated heterocycles.